The van der Waals surface area contributed by atoms with Crippen molar-refractivity contribution < 1.29 is 0 Å². The molecule has 0 fully saturated rings. The molecule has 0 aliphatic heterocycles. The highest BCUT2D eigenvalue weighted by Gasteiger charge is 2.04. The van der Waals surface area contributed by atoms with E-state index in [1.54, 1.807) is 11.3 Å². The maximum Gasteiger partial charge on any atom is 0.0940 e. The molecule has 0 atom stereocenters. The van der Waals surface area contributed by atoms with Gasteiger partial charge >= 0.3 is 0 Å². The Bertz CT molecular complexity index is 485. The molecule has 0 aliphatic carbocycles. The lowest BCUT2D eigenvalue weighted by Gasteiger charge is -2.05. The number of benzene rings is 1. The first kappa shape index (κ1) is 13.2. The summed E-state index contributed by atoms with van der Waals surface area (Å²) in [6.07, 6.45) is 3.84. The van der Waals surface area contributed by atoms with Gasteiger partial charge in [-0.25, -0.2) is 4.98 Å². The van der Waals surface area contributed by atoms with Gasteiger partial charge in [0.2, 0.25) is 0 Å². The maximum atomic E-state index is 5.53. The van der Waals surface area contributed by atoms with Crippen LogP contribution in [0.4, 0.5) is 0 Å². The summed E-state index contributed by atoms with van der Waals surface area (Å²) in [6.45, 7) is 5.12. The summed E-state index contributed by atoms with van der Waals surface area (Å²) >= 11 is 1.77. The molecule has 3 heteroatoms. The molecular weight excluding hydrogens is 240 g/mol. The highest BCUT2D eigenvalue weighted by molar-refractivity contribution is 7.11. The van der Waals surface area contributed by atoms with E-state index < -0.39 is 0 Å². The Labute approximate surface area is 113 Å². The lowest BCUT2D eigenvalue weighted by Crippen LogP contribution is -2.01. The molecule has 2 nitrogen and oxygen atoms in total. The van der Waals surface area contributed by atoms with E-state index in [1.165, 1.54) is 16.0 Å². The quantitative estimate of drug-likeness (QED) is 0.895. The van der Waals surface area contributed by atoms with Crippen molar-refractivity contribution in [2.75, 3.05) is 6.54 Å². The van der Waals surface area contributed by atoms with Crippen LogP contribution in [0.15, 0.2) is 30.5 Å². The fourth-order valence-electron chi connectivity index (χ4n) is 1.89. The molecular formula is C15H20N2S. The predicted octanol–water partition coefficient (Wildman–Crippen LogP) is 3.36. The third-order valence-corrected chi connectivity index (χ3v) is 4.04. The molecule has 0 radical (unpaired) electrons. The van der Waals surface area contributed by atoms with Gasteiger partial charge in [-0.1, -0.05) is 38.1 Å². The van der Waals surface area contributed by atoms with E-state index in [0.717, 1.165) is 17.8 Å². The number of nitrogens with zero attached hydrogens (tertiary/aromatic N) is 1. The summed E-state index contributed by atoms with van der Waals surface area (Å²) in [5.41, 5.74) is 8.28. The number of hydrogen-bond acceptors (Lipinski definition) is 3. The van der Waals surface area contributed by atoms with E-state index in [-0.39, 0.29) is 0 Å². The van der Waals surface area contributed by atoms with Crippen molar-refractivity contribution in [3.63, 3.8) is 0 Å². The first-order chi connectivity index (χ1) is 8.69. The van der Waals surface area contributed by atoms with Crippen LogP contribution < -0.4 is 5.73 Å². The van der Waals surface area contributed by atoms with Crippen LogP contribution in [0.1, 0.15) is 40.8 Å². The average molecular weight is 260 g/mol. The lowest BCUT2D eigenvalue weighted by molar-refractivity contribution is 0.865. The highest BCUT2D eigenvalue weighted by atomic mass is 32.1. The molecule has 0 spiro atoms. The van der Waals surface area contributed by atoms with Crippen molar-refractivity contribution in [3.05, 3.63) is 51.5 Å². The minimum absolute atomic E-state index is 0.596. The van der Waals surface area contributed by atoms with Crippen molar-refractivity contribution in [3.8, 4) is 0 Å². The SMILES string of the molecule is CC(C)c1ccc(Cc2cnc(CCN)s2)cc1. The fourth-order valence-corrected chi connectivity index (χ4v) is 2.86. The van der Waals surface area contributed by atoms with Crippen molar-refractivity contribution in [1.29, 1.82) is 0 Å². The van der Waals surface area contributed by atoms with Crippen LogP contribution in [0.5, 0.6) is 0 Å². The van der Waals surface area contributed by atoms with Gasteiger partial charge in [0.1, 0.15) is 0 Å². The van der Waals surface area contributed by atoms with Gasteiger partial charge in [-0.05, 0) is 23.6 Å². The minimum Gasteiger partial charge on any atom is -0.330 e. The number of rotatable bonds is 5. The third kappa shape index (κ3) is 3.40. The molecule has 2 aromatic rings. The Morgan fingerprint density at radius 1 is 1.22 bits per heavy atom. The zero-order valence-corrected chi connectivity index (χ0v) is 11.8. The Morgan fingerprint density at radius 2 is 1.94 bits per heavy atom. The first-order valence-corrected chi connectivity index (χ1v) is 7.23. The zero-order valence-electron chi connectivity index (χ0n) is 11.0. The van der Waals surface area contributed by atoms with Gasteiger partial charge in [-0.3, -0.25) is 0 Å². The van der Waals surface area contributed by atoms with Gasteiger partial charge in [-0.15, -0.1) is 11.3 Å². The van der Waals surface area contributed by atoms with E-state index >= 15 is 0 Å². The van der Waals surface area contributed by atoms with Crippen LogP contribution in [0.25, 0.3) is 0 Å². The lowest BCUT2D eigenvalue weighted by atomic mass is 10.0. The molecule has 1 heterocycles. The van der Waals surface area contributed by atoms with Crippen molar-refractivity contribution in [2.24, 2.45) is 5.73 Å². The Morgan fingerprint density at radius 3 is 2.56 bits per heavy atom. The second-order valence-corrected chi connectivity index (χ2v) is 6.03. The average Bonchev–Trinajstić information content (AvgIpc) is 2.78. The van der Waals surface area contributed by atoms with Crippen LogP contribution in [0, 0.1) is 0 Å². The molecule has 0 amide bonds. The first-order valence-electron chi connectivity index (χ1n) is 6.41. The molecule has 2 N–H and O–H groups in total. The minimum atomic E-state index is 0.596. The summed E-state index contributed by atoms with van der Waals surface area (Å²) in [5.74, 6) is 0.596. The number of nitrogens with two attached hydrogens (primary N) is 1. The third-order valence-electron chi connectivity index (χ3n) is 2.98. The molecule has 18 heavy (non-hydrogen) atoms. The molecule has 1 aromatic heterocycles. The number of aromatic nitrogens is 1. The normalized spacial score (nSPS) is 11.1. The van der Waals surface area contributed by atoms with Crippen LogP contribution in [0.3, 0.4) is 0 Å². The van der Waals surface area contributed by atoms with E-state index in [4.69, 9.17) is 5.73 Å². The largest absolute Gasteiger partial charge is 0.330 e. The molecule has 2 rings (SSSR count). The topological polar surface area (TPSA) is 38.9 Å². The van der Waals surface area contributed by atoms with Gasteiger partial charge < -0.3 is 5.73 Å². The molecule has 0 aliphatic rings. The second-order valence-electron chi connectivity index (χ2n) is 4.83. The van der Waals surface area contributed by atoms with Gasteiger partial charge in [0, 0.05) is 23.9 Å². The fraction of sp³-hybridized carbons (Fsp3) is 0.400. The van der Waals surface area contributed by atoms with E-state index in [0.29, 0.717) is 12.5 Å². The molecule has 96 valence electrons. The van der Waals surface area contributed by atoms with Crippen molar-refractivity contribution in [2.45, 2.75) is 32.6 Å². The monoisotopic (exact) mass is 260 g/mol. The second kappa shape index (κ2) is 6.12. The summed E-state index contributed by atoms with van der Waals surface area (Å²) in [4.78, 5) is 5.70. The van der Waals surface area contributed by atoms with Gasteiger partial charge in [-0.2, -0.15) is 0 Å². The smallest absolute Gasteiger partial charge is 0.0940 e. The van der Waals surface area contributed by atoms with Gasteiger partial charge in [0.05, 0.1) is 5.01 Å². The Hall–Kier alpha value is -1.19. The van der Waals surface area contributed by atoms with Crippen LogP contribution >= 0.6 is 11.3 Å². The summed E-state index contributed by atoms with van der Waals surface area (Å²) < 4.78 is 0. The maximum absolute atomic E-state index is 5.53. The van der Waals surface area contributed by atoms with E-state index in [2.05, 4.69) is 43.1 Å². The molecule has 1 aromatic carbocycles. The van der Waals surface area contributed by atoms with Crippen molar-refractivity contribution in [1.82, 2.24) is 4.98 Å². The standard InChI is InChI=1S/C15H20N2S/c1-11(2)13-5-3-12(4-6-13)9-14-10-17-15(18-14)7-8-16/h3-6,10-11H,7-9,16H2,1-2H3. The molecule has 0 unspecified atom stereocenters. The summed E-state index contributed by atoms with van der Waals surface area (Å²) in [5, 5.41) is 1.14. The van der Waals surface area contributed by atoms with E-state index in [1.807, 2.05) is 6.20 Å². The summed E-state index contributed by atoms with van der Waals surface area (Å²) in [7, 11) is 0. The highest BCUT2D eigenvalue weighted by Crippen LogP contribution is 2.20. The molecule has 0 bridgehead atoms. The van der Waals surface area contributed by atoms with E-state index in [9.17, 15) is 0 Å². The van der Waals surface area contributed by atoms with Crippen LogP contribution in [0.2, 0.25) is 0 Å². The zero-order chi connectivity index (χ0) is 13.0. The number of hydrogen-bond donors (Lipinski definition) is 1. The Kier molecular flexibility index (Phi) is 4.50. The van der Waals surface area contributed by atoms with Gasteiger partial charge in [0.25, 0.3) is 0 Å². The molecule has 0 saturated carbocycles. The van der Waals surface area contributed by atoms with Crippen LogP contribution in [-0.2, 0) is 12.8 Å². The number of thiazole rings is 1. The van der Waals surface area contributed by atoms with Crippen molar-refractivity contribution >= 4 is 11.3 Å². The Balaban J connectivity index is 2.03. The molecule has 0 saturated heterocycles. The van der Waals surface area contributed by atoms with Gasteiger partial charge in [0.15, 0.2) is 0 Å². The van der Waals surface area contributed by atoms with Crippen LogP contribution in [-0.4, -0.2) is 11.5 Å². The summed E-state index contributed by atoms with van der Waals surface area (Å²) in [6, 6.07) is 8.89. The predicted molar refractivity (Wildman–Crippen MR) is 78.2 cm³/mol.